The van der Waals surface area contributed by atoms with Crippen molar-refractivity contribution in [1.82, 2.24) is 5.32 Å². The largest absolute Gasteiger partial charge is 0.494 e. The number of carbonyl (C=O) groups excluding carboxylic acids is 1. The fourth-order valence-electron chi connectivity index (χ4n) is 3.16. The van der Waals surface area contributed by atoms with Gasteiger partial charge in [-0.2, -0.15) is 0 Å². The molecule has 2 N–H and O–H groups in total. The summed E-state index contributed by atoms with van der Waals surface area (Å²) in [6.07, 6.45) is 1.71. The molecule has 2 aromatic carbocycles. The minimum absolute atomic E-state index is 0.0322. The summed E-state index contributed by atoms with van der Waals surface area (Å²) < 4.78 is 11.4. The van der Waals surface area contributed by atoms with Crippen molar-refractivity contribution in [3.63, 3.8) is 0 Å². The van der Waals surface area contributed by atoms with Gasteiger partial charge in [-0.3, -0.25) is 4.79 Å². The van der Waals surface area contributed by atoms with Gasteiger partial charge >= 0.3 is 0 Å². The van der Waals surface area contributed by atoms with Gasteiger partial charge in [-0.15, -0.1) is 0 Å². The highest BCUT2D eigenvalue weighted by Gasteiger charge is 2.25. The van der Waals surface area contributed by atoms with E-state index in [0.717, 1.165) is 25.1 Å². The van der Waals surface area contributed by atoms with Crippen LogP contribution < -0.4 is 20.1 Å². The summed E-state index contributed by atoms with van der Waals surface area (Å²) >= 11 is 0. The Kier molecular flexibility index (Phi) is 6.12. The first kappa shape index (κ1) is 18.3. The minimum atomic E-state index is 0.0322. The van der Waals surface area contributed by atoms with Crippen molar-refractivity contribution in [2.24, 2.45) is 5.92 Å². The van der Waals surface area contributed by atoms with Crippen LogP contribution in [0.1, 0.15) is 26.7 Å². The van der Waals surface area contributed by atoms with Crippen LogP contribution in [0.3, 0.4) is 0 Å². The van der Waals surface area contributed by atoms with Crippen LogP contribution in [0.15, 0.2) is 48.5 Å². The third-order valence-corrected chi connectivity index (χ3v) is 4.50. The van der Waals surface area contributed by atoms with Crippen molar-refractivity contribution < 1.29 is 14.3 Å². The molecule has 0 aliphatic carbocycles. The predicted octanol–water partition coefficient (Wildman–Crippen LogP) is 4.20. The molecule has 2 aromatic rings. The lowest BCUT2D eigenvalue weighted by Gasteiger charge is -2.27. The molecule has 0 spiro atoms. The summed E-state index contributed by atoms with van der Waals surface area (Å²) in [5.41, 5.74) is 0.692. The second-order valence-corrected chi connectivity index (χ2v) is 6.57. The highest BCUT2D eigenvalue weighted by Crippen LogP contribution is 2.31. The third kappa shape index (κ3) is 4.76. The van der Waals surface area contributed by atoms with Gasteiger partial charge in [0.25, 0.3) is 0 Å². The van der Waals surface area contributed by atoms with E-state index in [2.05, 4.69) is 17.6 Å². The molecule has 1 aliphatic heterocycles. The van der Waals surface area contributed by atoms with Crippen LogP contribution in [0.25, 0.3) is 0 Å². The van der Waals surface area contributed by atoms with Gasteiger partial charge in [-0.1, -0.05) is 12.1 Å². The smallest absolute Gasteiger partial charge is 0.227 e. The Hall–Kier alpha value is -2.53. The molecule has 0 bridgehead atoms. The van der Waals surface area contributed by atoms with Crippen molar-refractivity contribution >= 4 is 11.6 Å². The van der Waals surface area contributed by atoms with E-state index in [-0.39, 0.29) is 11.8 Å². The number of carbonyl (C=O) groups is 1. The molecule has 1 aliphatic rings. The van der Waals surface area contributed by atoms with E-state index in [4.69, 9.17) is 9.47 Å². The SMILES string of the molecule is CCOc1ccc(Oc2ccccc2NC(=O)[C@H]2CCN[C@@H](C)C2)cc1. The number of benzene rings is 2. The maximum Gasteiger partial charge on any atom is 0.227 e. The zero-order valence-corrected chi connectivity index (χ0v) is 15.3. The zero-order valence-electron chi connectivity index (χ0n) is 15.3. The monoisotopic (exact) mass is 354 g/mol. The molecule has 3 rings (SSSR count). The Morgan fingerprint density at radius 2 is 1.88 bits per heavy atom. The average Bonchev–Trinajstić information content (AvgIpc) is 2.65. The van der Waals surface area contributed by atoms with E-state index in [0.29, 0.717) is 29.8 Å². The molecule has 0 radical (unpaired) electrons. The van der Waals surface area contributed by atoms with Gasteiger partial charge in [-0.05, 0) is 69.6 Å². The van der Waals surface area contributed by atoms with E-state index >= 15 is 0 Å². The van der Waals surface area contributed by atoms with Crippen LogP contribution in [0.4, 0.5) is 5.69 Å². The number of piperidine rings is 1. The molecule has 2 atom stereocenters. The number of rotatable bonds is 6. The van der Waals surface area contributed by atoms with E-state index in [1.54, 1.807) is 0 Å². The first-order valence-electron chi connectivity index (χ1n) is 9.19. The van der Waals surface area contributed by atoms with Crippen molar-refractivity contribution in [3.8, 4) is 17.2 Å². The molecule has 26 heavy (non-hydrogen) atoms. The second kappa shape index (κ2) is 8.72. The fraction of sp³-hybridized carbons (Fsp3) is 0.381. The molecule has 0 unspecified atom stereocenters. The maximum absolute atomic E-state index is 12.6. The topological polar surface area (TPSA) is 59.6 Å². The summed E-state index contributed by atoms with van der Waals surface area (Å²) in [6, 6.07) is 15.3. The standard InChI is InChI=1S/C21H26N2O3/c1-3-25-17-8-10-18(11-9-17)26-20-7-5-4-6-19(20)23-21(24)16-12-13-22-15(2)14-16/h4-11,15-16,22H,3,12-14H2,1-2H3,(H,23,24)/t15-,16-/m0/s1. The summed E-state index contributed by atoms with van der Waals surface area (Å²) in [4.78, 5) is 12.6. The molecular weight excluding hydrogens is 328 g/mol. The van der Waals surface area contributed by atoms with Gasteiger partial charge in [-0.25, -0.2) is 0 Å². The lowest BCUT2D eigenvalue weighted by Crippen LogP contribution is -2.40. The summed E-state index contributed by atoms with van der Waals surface area (Å²) in [7, 11) is 0. The molecule has 0 saturated carbocycles. The Bertz CT molecular complexity index is 730. The third-order valence-electron chi connectivity index (χ3n) is 4.50. The molecular formula is C21H26N2O3. The van der Waals surface area contributed by atoms with Crippen LogP contribution in [0.5, 0.6) is 17.2 Å². The van der Waals surface area contributed by atoms with Crippen molar-refractivity contribution in [1.29, 1.82) is 0 Å². The maximum atomic E-state index is 12.6. The van der Waals surface area contributed by atoms with Crippen LogP contribution in [-0.2, 0) is 4.79 Å². The highest BCUT2D eigenvalue weighted by molar-refractivity contribution is 5.94. The number of hydrogen-bond acceptors (Lipinski definition) is 4. The Morgan fingerprint density at radius 3 is 2.62 bits per heavy atom. The fourth-order valence-corrected chi connectivity index (χ4v) is 3.16. The summed E-state index contributed by atoms with van der Waals surface area (Å²) in [5, 5.41) is 6.41. The molecule has 5 nitrogen and oxygen atoms in total. The first-order valence-corrected chi connectivity index (χ1v) is 9.19. The van der Waals surface area contributed by atoms with Crippen LogP contribution in [-0.4, -0.2) is 25.1 Å². The normalized spacial score (nSPS) is 19.6. The van der Waals surface area contributed by atoms with Crippen LogP contribution in [0, 0.1) is 5.92 Å². The van der Waals surface area contributed by atoms with Gasteiger partial charge in [0, 0.05) is 12.0 Å². The van der Waals surface area contributed by atoms with Crippen LogP contribution in [0.2, 0.25) is 0 Å². The molecule has 5 heteroatoms. The van der Waals surface area contributed by atoms with Crippen LogP contribution >= 0.6 is 0 Å². The average molecular weight is 354 g/mol. The van der Waals surface area contributed by atoms with Crippen molar-refractivity contribution in [2.75, 3.05) is 18.5 Å². The highest BCUT2D eigenvalue weighted by atomic mass is 16.5. The van der Waals surface area contributed by atoms with E-state index in [9.17, 15) is 4.79 Å². The first-order chi connectivity index (χ1) is 12.7. The van der Waals surface area contributed by atoms with Crippen molar-refractivity contribution in [3.05, 3.63) is 48.5 Å². The van der Waals surface area contributed by atoms with Gasteiger partial charge < -0.3 is 20.1 Å². The number of nitrogens with one attached hydrogen (secondary N) is 2. The quantitative estimate of drug-likeness (QED) is 0.816. The molecule has 0 aromatic heterocycles. The Morgan fingerprint density at radius 1 is 1.15 bits per heavy atom. The van der Waals surface area contributed by atoms with E-state index < -0.39 is 0 Å². The van der Waals surface area contributed by atoms with Gasteiger partial charge in [0.1, 0.15) is 11.5 Å². The Balaban J connectivity index is 1.68. The van der Waals surface area contributed by atoms with Crippen molar-refractivity contribution in [2.45, 2.75) is 32.7 Å². The summed E-state index contributed by atoms with van der Waals surface area (Å²) in [5.74, 6) is 2.23. The molecule has 1 heterocycles. The molecule has 1 saturated heterocycles. The summed E-state index contributed by atoms with van der Waals surface area (Å²) in [6.45, 7) is 5.57. The Labute approximate surface area is 154 Å². The van der Waals surface area contributed by atoms with Gasteiger partial charge in [0.15, 0.2) is 5.75 Å². The van der Waals surface area contributed by atoms with Gasteiger partial charge in [0.05, 0.1) is 12.3 Å². The lowest BCUT2D eigenvalue weighted by molar-refractivity contribution is -0.120. The lowest BCUT2D eigenvalue weighted by atomic mass is 9.92. The number of anilines is 1. The second-order valence-electron chi connectivity index (χ2n) is 6.57. The van der Waals surface area contributed by atoms with E-state index in [1.807, 2.05) is 55.5 Å². The van der Waals surface area contributed by atoms with Gasteiger partial charge in [0.2, 0.25) is 5.91 Å². The zero-order chi connectivity index (χ0) is 18.4. The molecule has 138 valence electrons. The predicted molar refractivity (Wildman–Crippen MR) is 103 cm³/mol. The number of para-hydroxylation sites is 2. The minimum Gasteiger partial charge on any atom is -0.494 e. The number of hydrogen-bond donors (Lipinski definition) is 2. The molecule has 1 fully saturated rings. The molecule has 1 amide bonds. The number of amides is 1. The number of ether oxygens (including phenoxy) is 2. The van der Waals surface area contributed by atoms with E-state index in [1.165, 1.54) is 0 Å².